The number of rotatable bonds is 6. The molecule has 1 amide bonds. The van der Waals surface area contributed by atoms with Gasteiger partial charge in [0, 0.05) is 19.5 Å². The van der Waals surface area contributed by atoms with Crippen LogP contribution in [0, 0.1) is 11.8 Å². The SMILES string of the molecule is CCCN(CC1CCNCC1)C(=O)CC1CCS(=O)(=O)C1. The Morgan fingerprint density at radius 1 is 1.19 bits per heavy atom. The van der Waals surface area contributed by atoms with Crippen LogP contribution in [0.4, 0.5) is 0 Å². The number of hydrogen-bond donors (Lipinski definition) is 1. The number of nitrogens with zero attached hydrogens (tertiary/aromatic N) is 1. The van der Waals surface area contributed by atoms with E-state index in [9.17, 15) is 13.2 Å². The minimum atomic E-state index is -2.89. The lowest BCUT2D eigenvalue weighted by molar-refractivity contribution is -0.132. The van der Waals surface area contributed by atoms with Gasteiger partial charge >= 0.3 is 0 Å². The molecule has 2 rings (SSSR count). The van der Waals surface area contributed by atoms with Crippen LogP contribution in [0.3, 0.4) is 0 Å². The van der Waals surface area contributed by atoms with Crippen LogP contribution in [0.1, 0.15) is 39.0 Å². The van der Waals surface area contributed by atoms with Gasteiger partial charge in [-0.05, 0) is 50.6 Å². The maximum Gasteiger partial charge on any atom is 0.222 e. The highest BCUT2D eigenvalue weighted by Crippen LogP contribution is 2.23. The Morgan fingerprint density at radius 2 is 1.90 bits per heavy atom. The minimum absolute atomic E-state index is 0.0369. The second-order valence-corrected chi connectivity index (χ2v) is 8.74. The average molecular weight is 316 g/mol. The lowest BCUT2D eigenvalue weighted by Crippen LogP contribution is -2.40. The fraction of sp³-hybridized carbons (Fsp3) is 0.933. The van der Waals surface area contributed by atoms with E-state index >= 15 is 0 Å². The topological polar surface area (TPSA) is 66.5 Å². The standard InChI is InChI=1S/C15H28N2O3S/c1-2-8-17(11-13-3-6-16-7-4-13)15(18)10-14-5-9-21(19,20)12-14/h13-14,16H,2-12H2,1H3. The van der Waals surface area contributed by atoms with Crippen LogP contribution in [0.2, 0.25) is 0 Å². The zero-order chi connectivity index (χ0) is 15.3. The Bertz CT molecular complexity index is 444. The highest BCUT2D eigenvalue weighted by molar-refractivity contribution is 7.91. The van der Waals surface area contributed by atoms with Crippen LogP contribution in [0.15, 0.2) is 0 Å². The third kappa shape index (κ3) is 5.25. The third-order valence-corrected chi connectivity index (χ3v) is 6.41. The highest BCUT2D eigenvalue weighted by atomic mass is 32.2. The largest absolute Gasteiger partial charge is 0.342 e. The van der Waals surface area contributed by atoms with Gasteiger partial charge < -0.3 is 10.2 Å². The molecular weight excluding hydrogens is 288 g/mol. The number of carbonyl (C=O) groups excluding carboxylic acids is 1. The maximum atomic E-state index is 12.5. The zero-order valence-electron chi connectivity index (χ0n) is 13.0. The monoisotopic (exact) mass is 316 g/mol. The summed E-state index contributed by atoms with van der Waals surface area (Å²) in [6.07, 6.45) is 4.28. The quantitative estimate of drug-likeness (QED) is 0.795. The van der Waals surface area contributed by atoms with E-state index in [1.54, 1.807) is 0 Å². The molecule has 0 spiro atoms. The first kappa shape index (κ1) is 16.7. The van der Waals surface area contributed by atoms with Crippen molar-refractivity contribution < 1.29 is 13.2 Å². The molecule has 0 bridgehead atoms. The molecule has 5 nitrogen and oxygen atoms in total. The summed E-state index contributed by atoms with van der Waals surface area (Å²) in [6.45, 7) is 5.80. The summed E-state index contributed by atoms with van der Waals surface area (Å²) >= 11 is 0. The van der Waals surface area contributed by atoms with Gasteiger partial charge in [-0.25, -0.2) is 8.42 Å². The second kappa shape index (κ2) is 7.58. The summed E-state index contributed by atoms with van der Waals surface area (Å²) in [6, 6.07) is 0. The first-order chi connectivity index (χ1) is 10.00. The molecule has 1 atom stereocenters. The maximum absolute atomic E-state index is 12.5. The third-order valence-electron chi connectivity index (χ3n) is 4.57. The van der Waals surface area contributed by atoms with Crippen LogP contribution in [0.5, 0.6) is 0 Å². The molecule has 21 heavy (non-hydrogen) atoms. The minimum Gasteiger partial charge on any atom is -0.342 e. The number of carbonyl (C=O) groups is 1. The van der Waals surface area contributed by atoms with E-state index in [2.05, 4.69) is 12.2 Å². The molecule has 2 aliphatic heterocycles. The molecular formula is C15H28N2O3S. The van der Waals surface area contributed by atoms with Gasteiger partial charge in [0.25, 0.3) is 0 Å². The van der Waals surface area contributed by atoms with Gasteiger partial charge in [0.15, 0.2) is 9.84 Å². The van der Waals surface area contributed by atoms with Crippen molar-refractivity contribution in [3.8, 4) is 0 Å². The summed E-state index contributed by atoms with van der Waals surface area (Å²) in [5.74, 6) is 1.24. The molecule has 1 N–H and O–H groups in total. The summed E-state index contributed by atoms with van der Waals surface area (Å²) in [5, 5.41) is 3.35. The zero-order valence-corrected chi connectivity index (χ0v) is 13.8. The fourth-order valence-electron chi connectivity index (χ4n) is 3.37. The van der Waals surface area contributed by atoms with E-state index in [0.29, 0.717) is 18.8 Å². The molecule has 0 aromatic rings. The summed E-state index contributed by atoms with van der Waals surface area (Å²) in [7, 11) is -2.89. The highest BCUT2D eigenvalue weighted by Gasteiger charge is 2.31. The lowest BCUT2D eigenvalue weighted by atomic mass is 9.96. The van der Waals surface area contributed by atoms with Crippen LogP contribution < -0.4 is 5.32 Å². The smallest absolute Gasteiger partial charge is 0.222 e. The normalized spacial score (nSPS) is 25.9. The molecule has 2 aliphatic rings. The van der Waals surface area contributed by atoms with Crippen molar-refractivity contribution in [3.63, 3.8) is 0 Å². The van der Waals surface area contributed by atoms with Crippen LogP contribution >= 0.6 is 0 Å². The molecule has 0 radical (unpaired) electrons. The molecule has 0 saturated carbocycles. The Hall–Kier alpha value is -0.620. The predicted molar refractivity (Wildman–Crippen MR) is 83.8 cm³/mol. The molecule has 122 valence electrons. The molecule has 0 aromatic heterocycles. The Morgan fingerprint density at radius 3 is 2.48 bits per heavy atom. The van der Waals surface area contributed by atoms with Crippen molar-refractivity contribution in [2.75, 3.05) is 37.7 Å². The molecule has 6 heteroatoms. The van der Waals surface area contributed by atoms with Crippen LogP contribution in [0.25, 0.3) is 0 Å². The van der Waals surface area contributed by atoms with E-state index in [0.717, 1.165) is 45.4 Å². The molecule has 0 aliphatic carbocycles. The Kier molecular flexibility index (Phi) is 6.05. The number of sulfone groups is 1. The van der Waals surface area contributed by atoms with Crippen molar-refractivity contribution in [1.82, 2.24) is 10.2 Å². The summed E-state index contributed by atoms with van der Waals surface area (Å²) in [4.78, 5) is 14.5. The van der Waals surface area contributed by atoms with Gasteiger partial charge in [-0.15, -0.1) is 0 Å². The van der Waals surface area contributed by atoms with Gasteiger partial charge in [0.05, 0.1) is 11.5 Å². The Labute approximate surface area is 128 Å². The van der Waals surface area contributed by atoms with Crippen molar-refractivity contribution in [3.05, 3.63) is 0 Å². The van der Waals surface area contributed by atoms with Crippen molar-refractivity contribution in [2.45, 2.75) is 39.0 Å². The molecule has 2 saturated heterocycles. The second-order valence-electron chi connectivity index (χ2n) is 6.51. The Balaban J connectivity index is 1.86. The van der Waals surface area contributed by atoms with E-state index in [1.165, 1.54) is 0 Å². The molecule has 2 fully saturated rings. The lowest BCUT2D eigenvalue weighted by Gasteiger charge is -2.30. The van der Waals surface area contributed by atoms with Crippen molar-refractivity contribution in [1.29, 1.82) is 0 Å². The van der Waals surface area contributed by atoms with Gasteiger partial charge in [-0.1, -0.05) is 6.92 Å². The first-order valence-electron chi connectivity index (χ1n) is 8.19. The molecule has 2 heterocycles. The van der Waals surface area contributed by atoms with Gasteiger partial charge in [0.1, 0.15) is 0 Å². The van der Waals surface area contributed by atoms with E-state index in [1.807, 2.05) is 4.90 Å². The van der Waals surface area contributed by atoms with Gasteiger partial charge in [-0.2, -0.15) is 0 Å². The van der Waals surface area contributed by atoms with E-state index in [4.69, 9.17) is 0 Å². The van der Waals surface area contributed by atoms with Crippen molar-refractivity contribution in [2.24, 2.45) is 11.8 Å². The van der Waals surface area contributed by atoms with Gasteiger partial charge in [-0.3, -0.25) is 4.79 Å². The number of piperidine rings is 1. The van der Waals surface area contributed by atoms with Gasteiger partial charge in [0.2, 0.25) is 5.91 Å². The van der Waals surface area contributed by atoms with Crippen LogP contribution in [-0.4, -0.2) is 56.9 Å². The number of nitrogens with one attached hydrogen (secondary N) is 1. The molecule has 0 aromatic carbocycles. The number of hydrogen-bond acceptors (Lipinski definition) is 4. The van der Waals surface area contributed by atoms with E-state index in [-0.39, 0.29) is 23.3 Å². The fourth-order valence-corrected chi connectivity index (χ4v) is 5.23. The first-order valence-corrected chi connectivity index (χ1v) is 10.0. The van der Waals surface area contributed by atoms with E-state index < -0.39 is 9.84 Å². The summed E-state index contributed by atoms with van der Waals surface area (Å²) in [5.41, 5.74) is 0. The average Bonchev–Trinajstić information content (AvgIpc) is 2.78. The van der Waals surface area contributed by atoms with Crippen LogP contribution in [-0.2, 0) is 14.6 Å². The van der Waals surface area contributed by atoms with Crippen molar-refractivity contribution >= 4 is 15.7 Å². The molecule has 1 unspecified atom stereocenters. The summed E-state index contributed by atoms with van der Waals surface area (Å²) < 4.78 is 23.0. The number of amides is 1. The predicted octanol–water partition coefficient (Wildman–Crippen LogP) is 1.05.